The zero-order valence-electron chi connectivity index (χ0n) is 5.64. The first-order valence-corrected chi connectivity index (χ1v) is 2.15. The molecule has 0 radical (unpaired) electrons. The summed E-state index contributed by atoms with van der Waals surface area (Å²) < 4.78 is 9.89. The van der Waals surface area contributed by atoms with E-state index in [0.717, 1.165) is 26.4 Å². The van der Waals surface area contributed by atoms with E-state index < -0.39 is 0 Å². The Hall–Kier alpha value is -0.240. The van der Waals surface area contributed by atoms with Crippen molar-refractivity contribution in [2.45, 2.75) is 0 Å². The number of hydrogen-bond acceptors (Lipinski definition) is 2. The van der Waals surface area contributed by atoms with Crippen LogP contribution in [0, 0.1) is 0 Å². The van der Waals surface area contributed by atoms with Crippen molar-refractivity contribution < 1.29 is 31.4 Å². The highest BCUT2D eigenvalue weighted by Crippen LogP contribution is 1.85. The summed E-state index contributed by atoms with van der Waals surface area (Å²) in [4.78, 5) is 0. The second-order valence-electron chi connectivity index (χ2n) is 1.22. The second-order valence-corrected chi connectivity index (χ2v) is 1.22. The van der Waals surface area contributed by atoms with Gasteiger partial charge in [-0.1, -0.05) is 0 Å². The minimum absolute atomic E-state index is 0. The maximum absolute atomic E-state index is 4.94. The quantitative estimate of drug-likeness (QED) is 0.366. The van der Waals surface area contributed by atoms with E-state index in [1.165, 1.54) is 0 Å². The van der Waals surface area contributed by atoms with E-state index in [2.05, 4.69) is 0 Å². The first-order valence-electron chi connectivity index (χ1n) is 2.15. The number of hydrogen-bond donors (Lipinski definition) is 0. The molecule has 0 aliphatic carbocycles. The lowest BCUT2D eigenvalue weighted by molar-refractivity contribution is -0.0334. The largest absolute Gasteiger partial charge is 0.412 e. The maximum Gasteiger partial charge on any atom is 0.0701 e. The molecule has 0 atom stereocenters. The minimum atomic E-state index is 0. The van der Waals surface area contributed by atoms with Gasteiger partial charge in [-0.05, 0) is 0 Å². The molecule has 8 N–H and O–H groups in total. The highest BCUT2D eigenvalue weighted by Gasteiger charge is 1.94. The van der Waals surface area contributed by atoms with Crippen molar-refractivity contribution in [3.63, 3.8) is 0 Å². The molecule has 1 heterocycles. The van der Waals surface area contributed by atoms with Gasteiger partial charge in [-0.3, -0.25) is 0 Å². The Morgan fingerprint density at radius 1 is 0.500 bits per heavy atom. The molecule has 0 unspecified atom stereocenters. The molecule has 0 aromatic heterocycles. The van der Waals surface area contributed by atoms with Crippen LogP contribution in [0.3, 0.4) is 0 Å². The van der Waals surface area contributed by atoms with Crippen LogP contribution in [-0.2, 0) is 9.47 Å². The van der Waals surface area contributed by atoms with Gasteiger partial charge in [-0.25, -0.2) is 0 Å². The summed E-state index contributed by atoms with van der Waals surface area (Å²) in [6.45, 7) is 3.11. The van der Waals surface area contributed by atoms with Crippen LogP contribution in [0.1, 0.15) is 0 Å². The molecule has 1 saturated heterocycles. The summed E-state index contributed by atoms with van der Waals surface area (Å²) in [5, 5.41) is 0. The fourth-order valence-corrected chi connectivity index (χ4v) is 0.440. The molecule has 0 aromatic carbocycles. The van der Waals surface area contributed by atoms with Crippen molar-refractivity contribution >= 4 is 0 Å². The van der Waals surface area contributed by atoms with Crippen molar-refractivity contribution in [1.29, 1.82) is 0 Å². The number of rotatable bonds is 0. The Kier molecular flexibility index (Phi) is 35.9. The molecule has 10 heavy (non-hydrogen) atoms. The molecule has 1 fully saturated rings. The van der Waals surface area contributed by atoms with Gasteiger partial charge in [0.25, 0.3) is 0 Å². The average Bonchev–Trinajstić information content (AvgIpc) is 1.72. The van der Waals surface area contributed by atoms with Crippen LogP contribution in [0.4, 0.5) is 0 Å². The normalized spacial score (nSPS) is 14.4. The molecule has 1 rings (SSSR count). The topological polar surface area (TPSA) is 144 Å². The smallest absolute Gasteiger partial charge is 0.0701 e. The Morgan fingerprint density at radius 2 is 0.700 bits per heavy atom. The van der Waals surface area contributed by atoms with Crippen molar-refractivity contribution in [1.82, 2.24) is 0 Å². The molecule has 68 valence electrons. The molecule has 6 heteroatoms. The predicted octanol–water partition coefficient (Wildman–Crippen LogP) is -3.27. The van der Waals surface area contributed by atoms with E-state index in [1.54, 1.807) is 0 Å². The monoisotopic (exact) mass is 160 g/mol. The lowest BCUT2D eigenvalue weighted by atomic mass is 10.6. The fraction of sp³-hybridized carbons (Fsp3) is 1.00. The SMILES string of the molecule is C1COCCO1.O.O.O.O. The van der Waals surface area contributed by atoms with Gasteiger partial charge in [-0.15, -0.1) is 0 Å². The second kappa shape index (κ2) is 15.9. The van der Waals surface area contributed by atoms with Crippen molar-refractivity contribution in [2.24, 2.45) is 0 Å². The Bertz CT molecular complexity index is 25.2. The Morgan fingerprint density at radius 3 is 0.800 bits per heavy atom. The van der Waals surface area contributed by atoms with Gasteiger partial charge in [-0.2, -0.15) is 0 Å². The van der Waals surface area contributed by atoms with E-state index in [-0.39, 0.29) is 21.9 Å². The zero-order chi connectivity index (χ0) is 4.24. The van der Waals surface area contributed by atoms with E-state index in [0.29, 0.717) is 0 Å². The van der Waals surface area contributed by atoms with E-state index in [1.807, 2.05) is 0 Å². The van der Waals surface area contributed by atoms with Gasteiger partial charge < -0.3 is 31.4 Å². The van der Waals surface area contributed by atoms with E-state index >= 15 is 0 Å². The summed E-state index contributed by atoms with van der Waals surface area (Å²) >= 11 is 0. The third-order valence-corrected chi connectivity index (χ3v) is 0.744. The Balaban J connectivity index is -0.0000000450. The predicted molar refractivity (Wildman–Crippen MR) is 36.1 cm³/mol. The van der Waals surface area contributed by atoms with Gasteiger partial charge >= 0.3 is 0 Å². The molecule has 6 nitrogen and oxygen atoms in total. The molecule has 0 amide bonds. The van der Waals surface area contributed by atoms with Crippen LogP contribution in [0.5, 0.6) is 0 Å². The molecular weight excluding hydrogens is 144 g/mol. The minimum Gasteiger partial charge on any atom is -0.412 e. The zero-order valence-corrected chi connectivity index (χ0v) is 5.64. The molecule has 0 saturated carbocycles. The summed E-state index contributed by atoms with van der Waals surface area (Å²) in [7, 11) is 0. The van der Waals surface area contributed by atoms with E-state index in [4.69, 9.17) is 9.47 Å². The van der Waals surface area contributed by atoms with Crippen LogP contribution in [-0.4, -0.2) is 48.3 Å². The van der Waals surface area contributed by atoms with Crippen molar-refractivity contribution in [3.05, 3.63) is 0 Å². The molecule has 1 aliphatic heterocycles. The molecule has 0 spiro atoms. The van der Waals surface area contributed by atoms with Crippen molar-refractivity contribution in [3.8, 4) is 0 Å². The van der Waals surface area contributed by atoms with Gasteiger partial charge in [0.05, 0.1) is 26.4 Å². The van der Waals surface area contributed by atoms with Gasteiger partial charge in [0, 0.05) is 0 Å². The third kappa shape index (κ3) is 10.7. The van der Waals surface area contributed by atoms with Crippen LogP contribution in [0.2, 0.25) is 0 Å². The van der Waals surface area contributed by atoms with Gasteiger partial charge in [0.15, 0.2) is 0 Å². The van der Waals surface area contributed by atoms with Crippen molar-refractivity contribution in [2.75, 3.05) is 26.4 Å². The molecule has 1 aliphatic rings. The summed E-state index contributed by atoms with van der Waals surface area (Å²) in [6.07, 6.45) is 0. The van der Waals surface area contributed by atoms with Crippen LogP contribution in [0.15, 0.2) is 0 Å². The Labute approximate surface area is 59.0 Å². The van der Waals surface area contributed by atoms with Crippen LogP contribution in [0.25, 0.3) is 0 Å². The molecule has 0 bridgehead atoms. The maximum atomic E-state index is 4.94. The van der Waals surface area contributed by atoms with Gasteiger partial charge in [0.2, 0.25) is 0 Å². The summed E-state index contributed by atoms with van der Waals surface area (Å²) in [5.41, 5.74) is 0. The highest BCUT2D eigenvalue weighted by molar-refractivity contribution is 4.37. The summed E-state index contributed by atoms with van der Waals surface area (Å²) in [5.74, 6) is 0. The first kappa shape index (κ1) is 22.6. The standard InChI is InChI=1S/C4H8O2.4H2O/c1-2-6-4-3-5-1;;;;/h1-4H2;4*1H2. The van der Waals surface area contributed by atoms with Crippen LogP contribution >= 0.6 is 0 Å². The molecule has 0 aromatic rings. The molecular formula is C4H16O6. The third-order valence-electron chi connectivity index (χ3n) is 0.744. The highest BCUT2D eigenvalue weighted by atomic mass is 16.6. The average molecular weight is 160 g/mol. The lowest BCUT2D eigenvalue weighted by Crippen LogP contribution is -2.16. The van der Waals surface area contributed by atoms with E-state index in [9.17, 15) is 0 Å². The first-order chi connectivity index (χ1) is 3.00. The van der Waals surface area contributed by atoms with Gasteiger partial charge in [0.1, 0.15) is 0 Å². The summed E-state index contributed by atoms with van der Waals surface area (Å²) in [6, 6.07) is 0. The lowest BCUT2D eigenvalue weighted by Gasteiger charge is -2.09. The van der Waals surface area contributed by atoms with Crippen LogP contribution < -0.4 is 0 Å². The fourth-order valence-electron chi connectivity index (χ4n) is 0.440. The number of ether oxygens (including phenoxy) is 2.